The van der Waals surface area contributed by atoms with E-state index >= 15 is 0 Å². The average Bonchev–Trinajstić information content (AvgIpc) is 2.87. The molecule has 1 aliphatic rings. The van der Waals surface area contributed by atoms with E-state index < -0.39 is 10.0 Å². The molecule has 2 rings (SSSR count). The second kappa shape index (κ2) is 6.36. The van der Waals surface area contributed by atoms with Crippen molar-refractivity contribution in [2.24, 2.45) is 5.14 Å². The molecule has 0 bridgehead atoms. The highest BCUT2D eigenvalue weighted by molar-refractivity contribution is 7.89. The van der Waals surface area contributed by atoms with E-state index in [1.807, 2.05) is 0 Å². The lowest BCUT2D eigenvalue weighted by molar-refractivity contribution is 0.337. The zero-order valence-electron chi connectivity index (χ0n) is 11.0. The topological polar surface area (TPSA) is 75.4 Å². The fourth-order valence-corrected chi connectivity index (χ4v) is 3.11. The van der Waals surface area contributed by atoms with Gasteiger partial charge in [0.2, 0.25) is 10.0 Å². The largest absolute Gasteiger partial charge is 0.384 e. The molecular weight excluding hydrogens is 262 g/mol. The first-order valence-electron chi connectivity index (χ1n) is 6.65. The number of nitrogens with zero attached hydrogens (tertiary/aromatic N) is 1. The molecule has 0 unspecified atom stereocenters. The second-order valence-corrected chi connectivity index (χ2v) is 6.40. The Balaban J connectivity index is 1.85. The number of para-hydroxylation sites is 1. The molecule has 19 heavy (non-hydrogen) atoms. The number of hydrogen-bond acceptors (Lipinski definition) is 4. The minimum atomic E-state index is -3.66. The highest BCUT2D eigenvalue weighted by Gasteiger charge is 2.13. The van der Waals surface area contributed by atoms with Crippen LogP contribution in [0.5, 0.6) is 0 Å². The zero-order chi connectivity index (χ0) is 13.7. The maximum Gasteiger partial charge on any atom is 0.240 e. The third-order valence-electron chi connectivity index (χ3n) is 3.36. The number of nitrogens with one attached hydrogen (secondary N) is 1. The molecule has 0 atom stereocenters. The van der Waals surface area contributed by atoms with E-state index in [-0.39, 0.29) is 4.90 Å². The Kier molecular flexibility index (Phi) is 4.79. The normalized spacial score (nSPS) is 16.7. The van der Waals surface area contributed by atoms with Crippen LogP contribution in [0.25, 0.3) is 0 Å². The second-order valence-electron chi connectivity index (χ2n) is 4.87. The number of benzene rings is 1. The monoisotopic (exact) mass is 283 g/mol. The maximum atomic E-state index is 11.4. The Hall–Kier alpha value is -1.11. The van der Waals surface area contributed by atoms with Crippen LogP contribution in [0.1, 0.15) is 19.3 Å². The van der Waals surface area contributed by atoms with Gasteiger partial charge in [-0.15, -0.1) is 0 Å². The first-order valence-corrected chi connectivity index (χ1v) is 8.20. The molecule has 0 saturated carbocycles. The number of sulfonamides is 1. The van der Waals surface area contributed by atoms with Crippen LogP contribution in [0.2, 0.25) is 0 Å². The summed E-state index contributed by atoms with van der Waals surface area (Å²) >= 11 is 0. The lowest BCUT2D eigenvalue weighted by atomic mass is 10.3. The maximum absolute atomic E-state index is 11.4. The number of primary sulfonamides is 1. The van der Waals surface area contributed by atoms with Gasteiger partial charge in [-0.05, 0) is 51.0 Å². The van der Waals surface area contributed by atoms with Crippen molar-refractivity contribution in [3.05, 3.63) is 24.3 Å². The molecule has 5 nitrogen and oxygen atoms in total. The summed E-state index contributed by atoms with van der Waals surface area (Å²) in [4.78, 5) is 2.60. The molecule has 0 aromatic heterocycles. The number of nitrogens with two attached hydrogens (primary N) is 1. The molecule has 1 fully saturated rings. The molecule has 1 saturated heterocycles. The van der Waals surface area contributed by atoms with Crippen LogP contribution in [-0.4, -0.2) is 39.5 Å². The van der Waals surface area contributed by atoms with Gasteiger partial charge in [0.05, 0.1) is 5.69 Å². The molecule has 3 N–H and O–H groups in total. The van der Waals surface area contributed by atoms with Crippen molar-refractivity contribution in [1.82, 2.24) is 4.90 Å². The number of hydrogen-bond donors (Lipinski definition) is 2. The minimum absolute atomic E-state index is 0.163. The van der Waals surface area contributed by atoms with Gasteiger partial charge in [-0.3, -0.25) is 0 Å². The highest BCUT2D eigenvalue weighted by Crippen LogP contribution is 2.19. The number of rotatable bonds is 6. The predicted molar refractivity (Wildman–Crippen MR) is 76.6 cm³/mol. The molecule has 1 aromatic carbocycles. The van der Waals surface area contributed by atoms with Crippen LogP contribution in [0.15, 0.2) is 29.2 Å². The third kappa shape index (κ3) is 4.19. The van der Waals surface area contributed by atoms with E-state index in [9.17, 15) is 8.42 Å². The van der Waals surface area contributed by atoms with Gasteiger partial charge in [-0.2, -0.15) is 0 Å². The minimum Gasteiger partial charge on any atom is -0.384 e. The molecule has 1 aliphatic heterocycles. The Bertz CT molecular complexity index is 510. The van der Waals surface area contributed by atoms with Crippen LogP contribution >= 0.6 is 0 Å². The van der Waals surface area contributed by atoms with Gasteiger partial charge in [0.15, 0.2) is 0 Å². The van der Waals surface area contributed by atoms with Gasteiger partial charge in [0.25, 0.3) is 0 Å². The van der Waals surface area contributed by atoms with Gasteiger partial charge in [0, 0.05) is 6.54 Å². The Morgan fingerprint density at radius 1 is 1.21 bits per heavy atom. The molecule has 0 radical (unpaired) electrons. The Morgan fingerprint density at radius 3 is 2.58 bits per heavy atom. The zero-order valence-corrected chi connectivity index (χ0v) is 11.8. The van der Waals surface area contributed by atoms with Gasteiger partial charge < -0.3 is 10.2 Å². The standard InChI is InChI=1S/C13H21N3O2S/c14-19(17,18)13-7-2-1-6-12(13)15-8-5-11-16-9-3-4-10-16/h1-2,6-7,15H,3-5,8-11H2,(H2,14,17,18). The van der Waals surface area contributed by atoms with Crippen LogP contribution in [-0.2, 0) is 10.0 Å². The van der Waals surface area contributed by atoms with Crippen LogP contribution in [0.3, 0.4) is 0 Å². The van der Waals surface area contributed by atoms with Gasteiger partial charge in [-0.1, -0.05) is 12.1 Å². The highest BCUT2D eigenvalue weighted by atomic mass is 32.2. The summed E-state index contributed by atoms with van der Waals surface area (Å²) in [6.45, 7) is 4.19. The lowest BCUT2D eigenvalue weighted by Gasteiger charge is -2.15. The van der Waals surface area contributed by atoms with Crippen LogP contribution < -0.4 is 10.5 Å². The molecule has 106 valence electrons. The summed E-state index contributed by atoms with van der Waals surface area (Å²) < 4.78 is 22.9. The van der Waals surface area contributed by atoms with Crippen molar-refractivity contribution in [2.45, 2.75) is 24.2 Å². The SMILES string of the molecule is NS(=O)(=O)c1ccccc1NCCCN1CCCC1. The molecule has 6 heteroatoms. The summed E-state index contributed by atoms with van der Waals surface area (Å²) in [5.41, 5.74) is 0.589. The molecule has 0 amide bonds. The summed E-state index contributed by atoms with van der Waals surface area (Å²) in [7, 11) is -3.66. The summed E-state index contributed by atoms with van der Waals surface area (Å²) in [5, 5.41) is 8.34. The van der Waals surface area contributed by atoms with Crippen LogP contribution in [0.4, 0.5) is 5.69 Å². The van der Waals surface area contributed by atoms with E-state index in [4.69, 9.17) is 5.14 Å². The van der Waals surface area contributed by atoms with E-state index in [1.165, 1.54) is 32.0 Å². The van der Waals surface area contributed by atoms with E-state index in [0.717, 1.165) is 19.5 Å². The third-order valence-corrected chi connectivity index (χ3v) is 4.33. The summed E-state index contributed by atoms with van der Waals surface area (Å²) in [5.74, 6) is 0. The number of anilines is 1. The summed E-state index contributed by atoms with van der Waals surface area (Å²) in [6, 6.07) is 6.75. The van der Waals surface area contributed by atoms with Crippen LogP contribution in [0, 0.1) is 0 Å². The smallest absolute Gasteiger partial charge is 0.240 e. The molecule has 0 spiro atoms. The lowest BCUT2D eigenvalue weighted by Crippen LogP contribution is -2.22. The fourth-order valence-electron chi connectivity index (χ4n) is 2.39. The van der Waals surface area contributed by atoms with E-state index in [1.54, 1.807) is 18.2 Å². The molecule has 1 aromatic rings. The van der Waals surface area contributed by atoms with Crippen molar-refractivity contribution in [2.75, 3.05) is 31.5 Å². The van der Waals surface area contributed by atoms with E-state index in [0.29, 0.717) is 5.69 Å². The quantitative estimate of drug-likeness (QED) is 0.770. The number of likely N-dealkylation sites (tertiary alicyclic amines) is 1. The van der Waals surface area contributed by atoms with Gasteiger partial charge in [-0.25, -0.2) is 13.6 Å². The van der Waals surface area contributed by atoms with Crippen molar-refractivity contribution in [3.63, 3.8) is 0 Å². The fraction of sp³-hybridized carbons (Fsp3) is 0.538. The van der Waals surface area contributed by atoms with Crippen molar-refractivity contribution >= 4 is 15.7 Å². The van der Waals surface area contributed by atoms with Gasteiger partial charge in [0.1, 0.15) is 4.90 Å². The summed E-state index contributed by atoms with van der Waals surface area (Å²) in [6.07, 6.45) is 3.59. The average molecular weight is 283 g/mol. The Labute approximate surface area is 114 Å². The predicted octanol–water partition coefficient (Wildman–Crippen LogP) is 1.23. The van der Waals surface area contributed by atoms with Crippen molar-refractivity contribution in [1.29, 1.82) is 0 Å². The van der Waals surface area contributed by atoms with E-state index in [2.05, 4.69) is 10.2 Å². The first-order chi connectivity index (χ1) is 9.07. The van der Waals surface area contributed by atoms with Crippen molar-refractivity contribution in [3.8, 4) is 0 Å². The molecule has 1 heterocycles. The van der Waals surface area contributed by atoms with Crippen molar-refractivity contribution < 1.29 is 8.42 Å². The molecule has 0 aliphatic carbocycles. The van der Waals surface area contributed by atoms with Gasteiger partial charge >= 0.3 is 0 Å². The Morgan fingerprint density at radius 2 is 1.89 bits per heavy atom. The molecular formula is C13H21N3O2S. The first kappa shape index (κ1) is 14.3.